The Morgan fingerprint density at radius 1 is 1.18 bits per heavy atom. The molecule has 3 heterocycles. The lowest BCUT2D eigenvalue weighted by atomic mass is 9.93. The minimum Gasteiger partial charge on any atom is -0.337 e. The van der Waals surface area contributed by atoms with Crippen molar-refractivity contribution in [1.82, 2.24) is 20.0 Å². The average Bonchev–Trinajstić information content (AvgIpc) is 2.48. The largest absolute Gasteiger partial charge is 0.337 e. The van der Waals surface area contributed by atoms with E-state index >= 15 is 0 Å². The molecule has 0 saturated carbocycles. The molecule has 6 nitrogen and oxygen atoms in total. The first kappa shape index (κ1) is 16.1. The van der Waals surface area contributed by atoms with Crippen molar-refractivity contribution in [1.29, 1.82) is 0 Å². The molecule has 3 atom stereocenters. The topological polar surface area (TPSA) is 64.8 Å². The minimum absolute atomic E-state index is 0.148. The summed E-state index contributed by atoms with van der Waals surface area (Å²) in [6.07, 6.45) is 0.961. The van der Waals surface area contributed by atoms with Crippen LogP contribution in [0.15, 0.2) is 0 Å². The average molecular weight is 313 g/mol. The van der Waals surface area contributed by atoms with E-state index in [0.29, 0.717) is 25.7 Å². The van der Waals surface area contributed by atoms with Gasteiger partial charge in [-0.25, -0.2) is 4.39 Å². The molecule has 22 heavy (non-hydrogen) atoms. The Kier molecular flexibility index (Phi) is 4.97. The van der Waals surface area contributed by atoms with Crippen LogP contribution < -0.4 is 11.1 Å². The number of amides is 1. The quantitative estimate of drug-likeness (QED) is 0.675. The number of alkyl halides is 1. The van der Waals surface area contributed by atoms with E-state index in [1.165, 1.54) is 0 Å². The van der Waals surface area contributed by atoms with Crippen molar-refractivity contribution >= 4 is 5.91 Å². The summed E-state index contributed by atoms with van der Waals surface area (Å²) in [7, 11) is 1.98. The summed E-state index contributed by atoms with van der Waals surface area (Å²) in [5.74, 6) is 0.231. The summed E-state index contributed by atoms with van der Waals surface area (Å²) >= 11 is 0. The molecule has 0 spiro atoms. The molecule has 3 saturated heterocycles. The fourth-order valence-corrected chi connectivity index (χ4v) is 4.08. The van der Waals surface area contributed by atoms with E-state index < -0.39 is 6.17 Å². The van der Waals surface area contributed by atoms with Gasteiger partial charge in [-0.1, -0.05) is 0 Å². The summed E-state index contributed by atoms with van der Waals surface area (Å²) in [5, 5.41) is 3.04. The molecule has 1 amide bonds. The Morgan fingerprint density at radius 3 is 2.55 bits per heavy atom. The molecule has 0 aliphatic carbocycles. The minimum atomic E-state index is -0.898. The number of carbonyl (C=O) groups is 1. The van der Waals surface area contributed by atoms with Crippen LogP contribution in [0.4, 0.5) is 4.39 Å². The van der Waals surface area contributed by atoms with Gasteiger partial charge in [-0.15, -0.1) is 0 Å². The maximum absolute atomic E-state index is 14.2. The number of hydrogen-bond acceptors (Lipinski definition) is 5. The van der Waals surface area contributed by atoms with Gasteiger partial charge < -0.3 is 16.0 Å². The summed E-state index contributed by atoms with van der Waals surface area (Å²) in [4.78, 5) is 18.5. The Balaban J connectivity index is 1.55. The number of nitrogens with one attached hydrogen (secondary N) is 1. The van der Waals surface area contributed by atoms with Gasteiger partial charge in [0.2, 0.25) is 5.91 Å². The highest BCUT2D eigenvalue weighted by molar-refractivity contribution is 5.79. The fraction of sp³-hybridized carbons (Fsp3) is 0.933. The molecular formula is C15H28FN5O. The van der Waals surface area contributed by atoms with Gasteiger partial charge in [-0.05, 0) is 19.9 Å². The van der Waals surface area contributed by atoms with Crippen molar-refractivity contribution in [2.45, 2.75) is 37.1 Å². The predicted octanol–water partition coefficient (Wildman–Crippen LogP) is -1.14. The van der Waals surface area contributed by atoms with Crippen molar-refractivity contribution in [3.05, 3.63) is 0 Å². The van der Waals surface area contributed by atoms with Crippen LogP contribution in [0.2, 0.25) is 0 Å². The van der Waals surface area contributed by atoms with Crippen LogP contribution >= 0.6 is 0 Å². The second-order valence-corrected chi connectivity index (χ2v) is 6.92. The van der Waals surface area contributed by atoms with Crippen LogP contribution in [0.3, 0.4) is 0 Å². The molecule has 7 heteroatoms. The van der Waals surface area contributed by atoms with E-state index in [4.69, 9.17) is 5.73 Å². The number of rotatable bonds is 2. The third-order valence-electron chi connectivity index (χ3n) is 5.34. The molecule has 3 unspecified atom stereocenters. The number of nitrogens with zero attached hydrogens (tertiary/aromatic N) is 3. The van der Waals surface area contributed by atoms with Crippen molar-refractivity contribution < 1.29 is 9.18 Å². The van der Waals surface area contributed by atoms with Gasteiger partial charge >= 0.3 is 0 Å². The molecular weight excluding hydrogens is 285 g/mol. The van der Waals surface area contributed by atoms with Gasteiger partial charge in [0.1, 0.15) is 6.17 Å². The van der Waals surface area contributed by atoms with Gasteiger partial charge in [0, 0.05) is 51.4 Å². The molecule has 3 N–H and O–H groups in total. The van der Waals surface area contributed by atoms with E-state index in [9.17, 15) is 9.18 Å². The first-order chi connectivity index (χ1) is 10.6. The van der Waals surface area contributed by atoms with Crippen LogP contribution in [0, 0.1) is 0 Å². The highest BCUT2D eigenvalue weighted by Gasteiger charge is 2.39. The highest BCUT2D eigenvalue weighted by Crippen LogP contribution is 2.23. The van der Waals surface area contributed by atoms with Crippen molar-refractivity contribution in [3.63, 3.8) is 0 Å². The third kappa shape index (κ3) is 3.27. The zero-order chi connectivity index (χ0) is 15.7. The number of piperidine rings is 2. The zero-order valence-electron chi connectivity index (χ0n) is 13.4. The molecule has 3 rings (SSSR count). The summed E-state index contributed by atoms with van der Waals surface area (Å²) in [6, 6.07) is -0.00981. The lowest BCUT2D eigenvalue weighted by Crippen LogP contribution is -2.65. The molecule has 3 aliphatic rings. The Labute approximate surface area is 131 Å². The van der Waals surface area contributed by atoms with E-state index in [1.807, 2.05) is 11.9 Å². The van der Waals surface area contributed by atoms with E-state index in [0.717, 1.165) is 39.0 Å². The Morgan fingerprint density at radius 2 is 1.91 bits per heavy atom. The van der Waals surface area contributed by atoms with Crippen LogP contribution in [-0.4, -0.2) is 97.8 Å². The van der Waals surface area contributed by atoms with Gasteiger partial charge in [0.15, 0.2) is 0 Å². The van der Waals surface area contributed by atoms with E-state index in [-0.39, 0.29) is 18.0 Å². The summed E-state index contributed by atoms with van der Waals surface area (Å²) in [6.45, 7) is 5.03. The number of halogens is 1. The number of carbonyl (C=O) groups excluding carboxylic acids is 1. The first-order valence-corrected chi connectivity index (χ1v) is 8.38. The van der Waals surface area contributed by atoms with Gasteiger partial charge in [-0.2, -0.15) is 0 Å². The standard InChI is InChI=1S/C15H28FN5O/c1-19-6-7-21(14(22)10-19)11-2-4-20(5-3-11)15-12(16)8-18-9-13(15)17/h11-13,15,18H,2-10,17H2,1H3. The number of likely N-dealkylation sites (tertiary alicyclic amines) is 1. The number of nitrogens with two attached hydrogens (primary N) is 1. The zero-order valence-corrected chi connectivity index (χ0v) is 13.4. The van der Waals surface area contributed by atoms with Crippen LogP contribution in [0.1, 0.15) is 12.8 Å². The maximum atomic E-state index is 14.2. The van der Waals surface area contributed by atoms with Crippen LogP contribution in [0.5, 0.6) is 0 Å². The molecule has 126 valence electrons. The smallest absolute Gasteiger partial charge is 0.237 e. The van der Waals surface area contributed by atoms with Gasteiger partial charge in [-0.3, -0.25) is 14.6 Å². The normalized spacial score (nSPS) is 36.8. The van der Waals surface area contributed by atoms with Crippen LogP contribution in [0.25, 0.3) is 0 Å². The van der Waals surface area contributed by atoms with Crippen molar-refractivity contribution in [2.75, 3.05) is 52.9 Å². The lowest BCUT2D eigenvalue weighted by molar-refractivity contribution is -0.139. The SMILES string of the molecule is CN1CCN(C2CCN(C3C(N)CNCC3F)CC2)C(=O)C1. The highest BCUT2D eigenvalue weighted by atomic mass is 19.1. The first-order valence-electron chi connectivity index (χ1n) is 8.38. The van der Waals surface area contributed by atoms with Gasteiger partial charge in [0.25, 0.3) is 0 Å². The number of piperazine rings is 1. The van der Waals surface area contributed by atoms with Crippen molar-refractivity contribution in [2.24, 2.45) is 5.73 Å². The van der Waals surface area contributed by atoms with Gasteiger partial charge in [0.05, 0.1) is 12.6 Å². The number of likely N-dealkylation sites (N-methyl/N-ethyl adjacent to an activating group) is 1. The summed E-state index contributed by atoms with van der Waals surface area (Å²) < 4.78 is 14.2. The second-order valence-electron chi connectivity index (χ2n) is 6.92. The molecule has 0 aromatic rings. The Bertz CT molecular complexity index is 391. The fourth-order valence-electron chi connectivity index (χ4n) is 4.08. The molecule has 0 radical (unpaired) electrons. The molecule has 3 aliphatic heterocycles. The van der Waals surface area contributed by atoms with E-state index in [2.05, 4.69) is 15.1 Å². The Hall–Kier alpha value is -0.760. The lowest BCUT2D eigenvalue weighted by Gasteiger charge is -2.46. The monoisotopic (exact) mass is 313 g/mol. The summed E-state index contributed by atoms with van der Waals surface area (Å²) in [5.41, 5.74) is 6.10. The molecule has 3 fully saturated rings. The molecule has 0 bridgehead atoms. The molecule has 0 aromatic carbocycles. The van der Waals surface area contributed by atoms with Crippen molar-refractivity contribution in [3.8, 4) is 0 Å². The molecule has 0 aromatic heterocycles. The number of hydrogen-bond donors (Lipinski definition) is 2. The second kappa shape index (κ2) is 6.78. The third-order valence-corrected chi connectivity index (χ3v) is 5.34. The predicted molar refractivity (Wildman–Crippen MR) is 83.3 cm³/mol. The van der Waals surface area contributed by atoms with Crippen LogP contribution in [-0.2, 0) is 4.79 Å². The van der Waals surface area contributed by atoms with E-state index in [1.54, 1.807) is 0 Å². The maximum Gasteiger partial charge on any atom is 0.237 e.